The molecule has 0 aromatic heterocycles. The van der Waals surface area contributed by atoms with Gasteiger partial charge in [-0.15, -0.1) is 0 Å². The molecule has 0 bridgehead atoms. The second kappa shape index (κ2) is 10.0. The fourth-order valence-electron chi connectivity index (χ4n) is 2.61. The molecule has 0 spiro atoms. The second-order valence-electron chi connectivity index (χ2n) is 7.58. The molecular weight excluding hydrogens is 585 g/mol. The Labute approximate surface area is 207 Å². The van der Waals surface area contributed by atoms with E-state index in [9.17, 15) is 70.7 Å². The molecule has 0 heterocycles. The summed E-state index contributed by atoms with van der Waals surface area (Å²) in [6, 6.07) is 11.0. The number of carbonyl (C=O) groups is 1. The van der Waals surface area contributed by atoms with E-state index < -0.39 is 53.4 Å². The standard InChI is InChI=1S/C21H11F15O3/c22-15(23,14(37)39-13-8-6-12(7-9-13)38-10-11-4-2-1-3-5-11)16(24,25)17(26,27)18(28,29)19(30,31)20(32,33)21(34,35)36/h1-9H,10H2. The monoisotopic (exact) mass is 596 g/mol. The first-order valence-corrected chi connectivity index (χ1v) is 9.78. The second-order valence-corrected chi connectivity index (χ2v) is 7.58. The van der Waals surface area contributed by atoms with E-state index in [4.69, 9.17) is 4.74 Å². The van der Waals surface area contributed by atoms with Gasteiger partial charge in [-0.2, -0.15) is 65.9 Å². The average molecular weight is 596 g/mol. The smallest absolute Gasteiger partial charge is 0.460 e. The molecule has 2 rings (SSSR count). The highest BCUT2D eigenvalue weighted by molar-refractivity contribution is 5.81. The van der Waals surface area contributed by atoms with E-state index in [-0.39, 0.29) is 12.4 Å². The zero-order valence-corrected chi connectivity index (χ0v) is 18.3. The number of rotatable bonds is 10. The minimum absolute atomic E-state index is 0.0604. The Morgan fingerprint density at radius 2 is 0.949 bits per heavy atom. The average Bonchev–Trinajstić information content (AvgIpc) is 2.82. The van der Waals surface area contributed by atoms with Crippen LogP contribution in [0.25, 0.3) is 0 Å². The molecule has 2 aromatic carbocycles. The molecule has 18 heteroatoms. The summed E-state index contributed by atoms with van der Waals surface area (Å²) < 4.78 is 207. The van der Waals surface area contributed by atoms with Crippen molar-refractivity contribution < 1.29 is 80.1 Å². The first-order valence-electron chi connectivity index (χ1n) is 9.78. The van der Waals surface area contributed by atoms with Gasteiger partial charge in [-0.05, 0) is 29.8 Å². The zero-order chi connectivity index (χ0) is 30.3. The van der Waals surface area contributed by atoms with Crippen molar-refractivity contribution in [3.05, 3.63) is 60.2 Å². The highest BCUT2D eigenvalue weighted by Gasteiger charge is 2.94. The van der Waals surface area contributed by atoms with Crippen LogP contribution in [0.5, 0.6) is 11.5 Å². The molecule has 2 aromatic rings. The Morgan fingerprint density at radius 3 is 1.41 bits per heavy atom. The van der Waals surface area contributed by atoms with Crippen molar-refractivity contribution in [2.24, 2.45) is 0 Å². The van der Waals surface area contributed by atoms with Crippen LogP contribution in [0.4, 0.5) is 65.9 Å². The van der Waals surface area contributed by atoms with Crippen molar-refractivity contribution in [1.29, 1.82) is 0 Å². The highest BCUT2D eigenvalue weighted by atomic mass is 19.4. The van der Waals surface area contributed by atoms with Crippen LogP contribution in [0.15, 0.2) is 54.6 Å². The fourth-order valence-corrected chi connectivity index (χ4v) is 2.61. The Kier molecular flexibility index (Phi) is 8.17. The number of alkyl halides is 15. The van der Waals surface area contributed by atoms with E-state index in [0.717, 1.165) is 12.1 Å². The van der Waals surface area contributed by atoms with Crippen LogP contribution in [0.3, 0.4) is 0 Å². The van der Waals surface area contributed by atoms with Gasteiger partial charge in [0.1, 0.15) is 18.1 Å². The van der Waals surface area contributed by atoms with Gasteiger partial charge in [0, 0.05) is 0 Å². The number of benzene rings is 2. The summed E-state index contributed by atoms with van der Waals surface area (Å²) in [6.45, 7) is -0.0639. The molecule has 0 saturated carbocycles. The normalized spacial score (nSPS) is 14.2. The summed E-state index contributed by atoms with van der Waals surface area (Å²) in [6.07, 6.45) is -7.72. The molecule has 3 nitrogen and oxygen atoms in total. The van der Waals surface area contributed by atoms with E-state index in [2.05, 4.69) is 4.74 Å². The molecule has 0 aliphatic heterocycles. The summed E-state index contributed by atoms with van der Waals surface area (Å²) in [5.41, 5.74) is 0.631. The first kappa shape index (κ1) is 31.9. The van der Waals surface area contributed by atoms with Gasteiger partial charge >= 0.3 is 47.7 Å². The summed E-state index contributed by atoms with van der Waals surface area (Å²) in [5, 5.41) is 0. The Balaban J connectivity index is 2.28. The van der Waals surface area contributed by atoms with Crippen molar-refractivity contribution in [3.8, 4) is 11.5 Å². The van der Waals surface area contributed by atoms with E-state index >= 15 is 0 Å². The van der Waals surface area contributed by atoms with Crippen LogP contribution in [-0.4, -0.2) is 47.7 Å². The lowest BCUT2D eigenvalue weighted by Gasteiger charge is -2.40. The van der Waals surface area contributed by atoms with Crippen LogP contribution in [-0.2, 0) is 11.4 Å². The van der Waals surface area contributed by atoms with Crippen molar-refractivity contribution >= 4 is 5.97 Å². The van der Waals surface area contributed by atoms with Crippen molar-refractivity contribution in [2.75, 3.05) is 0 Å². The van der Waals surface area contributed by atoms with Gasteiger partial charge in [-0.25, -0.2) is 4.79 Å². The molecule has 0 N–H and O–H groups in total. The number of hydrogen-bond donors (Lipinski definition) is 0. The van der Waals surface area contributed by atoms with E-state index in [1.807, 2.05) is 0 Å². The van der Waals surface area contributed by atoms with Gasteiger partial charge in [-0.1, -0.05) is 30.3 Å². The maximum Gasteiger partial charge on any atom is 0.460 e. The van der Waals surface area contributed by atoms with E-state index in [1.165, 1.54) is 0 Å². The SMILES string of the molecule is O=C(Oc1ccc(OCc2ccccc2)cc1)C(F)(F)C(F)(F)C(F)(F)C(F)(F)C(F)(F)C(F)(F)C(F)(F)F. The third-order valence-corrected chi connectivity index (χ3v) is 4.87. The largest absolute Gasteiger partial charge is 0.489 e. The van der Waals surface area contributed by atoms with Crippen molar-refractivity contribution in [2.45, 2.75) is 48.3 Å². The number of hydrogen-bond acceptors (Lipinski definition) is 3. The zero-order valence-electron chi connectivity index (χ0n) is 18.3. The van der Waals surface area contributed by atoms with Gasteiger partial charge in [-0.3, -0.25) is 0 Å². The predicted molar refractivity (Wildman–Crippen MR) is 98.6 cm³/mol. The fraction of sp³-hybridized carbons (Fsp3) is 0.381. The van der Waals surface area contributed by atoms with Crippen molar-refractivity contribution in [3.63, 3.8) is 0 Å². The van der Waals surface area contributed by atoms with E-state index in [0.29, 0.717) is 17.7 Å². The lowest BCUT2D eigenvalue weighted by Crippen LogP contribution is -2.73. The van der Waals surface area contributed by atoms with Crippen LogP contribution >= 0.6 is 0 Å². The van der Waals surface area contributed by atoms with Gasteiger partial charge < -0.3 is 9.47 Å². The first-order chi connectivity index (χ1) is 17.4. The molecule has 0 saturated heterocycles. The number of esters is 1. The molecule has 0 aliphatic rings. The molecule has 0 unspecified atom stereocenters. The minimum Gasteiger partial charge on any atom is -0.489 e. The maximum atomic E-state index is 13.9. The minimum atomic E-state index is -8.50. The third-order valence-electron chi connectivity index (χ3n) is 4.87. The van der Waals surface area contributed by atoms with Crippen LogP contribution in [0.2, 0.25) is 0 Å². The lowest BCUT2D eigenvalue weighted by atomic mass is 9.91. The Hall–Kier alpha value is -3.34. The number of halogens is 15. The summed E-state index contributed by atoms with van der Waals surface area (Å²) >= 11 is 0. The predicted octanol–water partition coefficient (Wildman–Crippen LogP) is 7.55. The van der Waals surface area contributed by atoms with Gasteiger partial charge in [0.15, 0.2) is 0 Å². The maximum absolute atomic E-state index is 13.9. The summed E-state index contributed by atoms with van der Waals surface area (Å²) in [4.78, 5) is 11.5. The molecular formula is C21H11F15O3. The summed E-state index contributed by atoms with van der Waals surface area (Å²) in [5.74, 6) is -53.5. The van der Waals surface area contributed by atoms with Gasteiger partial charge in [0.05, 0.1) is 0 Å². The quantitative estimate of drug-likeness (QED) is 0.162. The molecule has 0 atom stereocenters. The number of carbonyl (C=O) groups excluding carboxylic acids is 1. The lowest BCUT2D eigenvalue weighted by molar-refractivity contribution is -0.450. The Bertz CT molecular complexity index is 1140. The Morgan fingerprint density at radius 1 is 0.538 bits per heavy atom. The van der Waals surface area contributed by atoms with Crippen LogP contribution in [0.1, 0.15) is 5.56 Å². The van der Waals surface area contributed by atoms with Gasteiger partial charge in [0.2, 0.25) is 0 Å². The molecule has 39 heavy (non-hydrogen) atoms. The molecule has 0 fully saturated rings. The molecule has 0 aliphatic carbocycles. The molecule has 0 amide bonds. The van der Waals surface area contributed by atoms with Crippen LogP contribution in [0, 0.1) is 0 Å². The highest BCUT2D eigenvalue weighted by Crippen LogP contribution is 2.62. The van der Waals surface area contributed by atoms with Crippen LogP contribution < -0.4 is 9.47 Å². The number of ether oxygens (including phenoxy) is 2. The molecule has 0 radical (unpaired) electrons. The van der Waals surface area contributed by atoms with Crippen molar-refractivity contribution in [1.82, 2.24) is 0 Å². The van der Waals surface area contributed by atoms with E-state index in [1.54, 1.807) is 30.3 Å². The summed E-state index contributed by atoms with van der Waals surface area (Å²) in [7, 11) is 0. The topological polar surface area (TPSA) is 35.5 Å². The van der Waals surface area contributed by atoms with Gasteiger partial charge in [0.25, 0.3) is 0 Å². The third kappa shape index (κ3) is 5.28. The molecule has 218 valence electrons.